The fraction of sp³-hybridized carbons (Fsp3) is 0.250. The predicted octanol–water partition coefficient (Wildman–Crippen LogP) is 1.94. The van der Waals surface area contributed by atoms with Crippen LogP contribution in [0.1, 0.15) is 45.7 Å². The first-order valence-corrected chi connectivity index (χ1v) is 7.16. The monoisotopic (exact) mass is 314 g/mol. The van der Waals surface area contributed by atoms with E-state index in [-0.39, 0.29) is 17.4 Å². The average Bonchev–Trinajstić information content (AvgIpc) is 3.01. The van der Waals surface area contributed by atoms with Crippen molar-refractivity contribution in [1.82, 2.24) is 15.0 Å². The first-order valence-electron chi connectivity index (χ1n) is 7.16. The number of pyridine rings is 1. The van der Waals surface area contributed by atoms with Crippen LogP contribution in [0.4, 0.5) is 0 Å². The van der Waals surface area contributed by atoms with Crippen LogP contribution in [0, 0.1) is 0 Å². The highest BCUT2D eigenvalue weighted by molar-refractivity contribution is 5.98. The summed E-state index contributed by atoms with van der Waals surface area (Å²) in [6, 6.07) is 5.10. The van der Waals surface area contributed by atoms with Gasteiger partial charge in [0.15, 0.2) is 0 Å². The molecule has 0 radical (unpaired) electrons. The Balaban J connectivity index is 2.20. The Morgan fingerprint density at radius 3 is 2.87 bits per heavy atom. The molecule has 0 saturated carbocycles. The van der Waals surface area contributed by atoms with E-state index in [1.165, 1.54) is 6.20 Å². The lowest BCUT2D eigenvalue weighted by Crippen LogP contribution is -2.19. The minimum Gasteiger partial charge on any atom is -0.347 e. The van der Waals surface area contributed by atoms with Crippen molar-refractivity contribution >= 4 is 18.0 Å². The molecule has 23 heavy (non-hydrogen) atoms. The van der Waals surface area contributed by atoms with E-state index >= 15 is 0 Å². The van der Waals surface area contributed by atoms with Crippen molar-refractivity contribution in [3.05, 3.63) is 53.6 Å². The molecule has 1 unspecified atom stereocenters. The zero-order valence-corrected chi connectivity index (χ0v) is 12.9. The summed E-state index contributed by atoms with van der Waals surface area (Å²) in [5.41, 5.74) is 3.06. The number of aliphatic imine (C=N–C) groups is 1. The Labute approximate surface area is 133 Å². The number of hydroxylamine groups is 1. The van der Waals surface area contributed by atoms with Crippen LogP contribution in [-0.2, 0) is 7.05 Å². The van der Waals surface area contributed by atoms with Gasteiger partial charge in [0.2, 0.25) is 0 Å². The summed E-state index contributed by atoms with van der Waals surface area (Å²) in [5, 5.41) is 8.68. The number of hydrogen-bond donors (Lipinski definition) is 2. The van der Waals surface area contributed by atoms with Gasteiger partial charge in [0.25, 0.3) is 11.8 Å². The molecule has 2 amide bonds. The lowest BCUT2D eigenvalue weighted by atomic mass is 9.98. The second kappa shape index (κ2) is 7.46. The zero-order valence-electron chi connectivity index (χ0n) is 12.9. The van der Waals surface area contributed by atoms with Gasteiger partial charge in [0.05, 0.1) is 5.56 Å². The molecule has 2 aromatic heterocycles. The van der Waals surface area contributed by atoms with Gasteiger partial charge in [-0.25, -0.2) is 10.5 Å². The number of rotatable bonds is 5. The molecule has 120 valence electrons. The molecular formula is C16H18N4O3. The largest absolute Gasteiger partial charge is 0.347 e. The standard InChI is InChI=1S/C16H18N4O3/c1-3-11(10-18-16(22)14-5-4-6-20(14)2)12-7-13(9-17-8-12)15(21)19-23/h4-11,23H,3H2,1-2H3,(H,19,21). The van der Waals surface area contributed by atoms with Crippen LogP contribution in [-0.4, -0.2) is 32.8 Å². The van der Waals surface area contributed by atoms with Crippen LogP contribution in [0.25, 0.3) is 0 Å². The van der Waals surface area contributed by atoms with Gasteiger partial charge in [-0.1, -0.05) is 6.92 Å². The molecule has 7 heteroatoms. The van der Waals surface area contributed by atoms with Gasteiger partial charge < -0.3 is 4.57 Å². The van der Waals surface area contributed by atoms with Crippen LogP contribution in [0.5, 0.6) is 0 Å². The summed E-state index contributed by atoms with van der Waals surface area (Å²) < 4.78 is 1.70. The first-order chi connectivity index (χ1) is 11.1. The Kier molecular flexibility index (Phi) is 5.37. The summed E-state index contributed by atoms with van der Waals surface area (Å²) in [7, 11) is 1.78. The molecule has 2 aromatic rings. The van der Waals surface area contributed by atoms with Gasteiger partial charge in [0.1, 0.15) is 5.69 Å². The highest BCUT2D eigenvalue weighted by Gasteiger charge is 2.13. The number of amides is 2. The summed E-state index contributed by atoms with van der Waals surface area (Å²) in [6.07, 6.45) is 7.00. The summed E-state index contributed by atoms with van der Waals surface area (Å²) in [5.74, 6) is -1.11. The van der Waals surface area contributed by atoms with Crippen molar-refractivity contribution < 1.29 is 14.8 Å². The molecule has 0 aliphatic heterocycles. The normalized spacial score (nSPS) is 12.3. The Bertz CT molecular complexity index is 736. The predicted molar refractivity (Wildman–Crippen MR) is 84.8 cm³/mol. The van der Waals surface area contributed by atoms with Crippen molar-refractivity contribution in [2.75, 3.05) is 0 Å². The number of aryl methyl sites for hydroxylation is 1. The number of nitrogens with one attached hydrogen (secondary N) is 1. The molecular weight excluding hydrogens is 296 g/mol. The van der Waals surface area contributed by atoms with Gasteiger partial charge in [0, 0.05) is 37.8 Å². The molecule has 0 saturated heterocycles. The summed E-state index contributed by atoms with van der Waals surface area (Å²) in [6.45, 7) is 1.95. The maximum atomic E-state index is 12.1. The average molecular weight is 314 g/mol. The number of hydrogen-bond acceptors (Lipinski definition) is 4. The topological polar surface area (TPSA) is 96.6 Å². The van der Waals surface area contributed by atoms with Gasteiger partial charge in [-0.05, 0) is 30.2 Å². The molecule has 1 atom stereocenters. The van der Waals surface area contributed by atoms with E-state index in [1.54, 1.807) is 53.9 Å². The van der Waals surface area contributed by atoms with Crippen molar-refractivity contribution in [3.63, 3.8) is 0 Å². The summed E-state index contributed by atoms with van der Waals surface area (Å²) in [4.78, 5) is 31.5. The lowest BCUT2D eigenvalue weighted by molar-refractivity contribution is 0.0705. The number of nitrogens with zero attached hydrogens (tertiary/aromatic N) is 3. The van der Waals surface area contributed by atoms with Gasteiger partial charge in [-0.2, -0.15) is 0 Å². The third kappa shape index (κ3) is 3.89. The molecule has 2 rings (SSSR count). The highest BCUT2D eigenvalue weighted by atomic mass is 16.5. The molecule has 7 nitrogen and oxygen atoms in total. The molecule has 2 N–H and O–H groups in total. The van der Waals surface area contributed by atoms with E-state index in [2.05, 4.69) is 9.98 Å². The second-order valence-corrected chi connectivity index (χ2v) is 5.05. The van der Waals surface area contributed by atoms with Crippen LogP contribution in [0.2, 0.25) is 0 Å². The molecule has 0 aliphatic rings. The SMILES string of the molecule is CCC(C=NC(=O)c1cccn1C)c1cncc(C(=O)NO)c1. The molecule has 0 aromatic carbocycles. The Morgan fingerprint density at radius 1 is 1.48 bits per heavy atom. The van der Waals surface area contributed by atoms with E-state index in [1.807, 2.05) is 6.92 Å². The van der Waals surface area contributed by atoms with Crippen molar-refractivity contribution in [1.29, 1.82) is 0 Å². The number of carbonyl (C=O) groups is 2. The third-order valence-electron chi connectivity index (χ3n) is 3.53. The molecule has 0 aliphatic carbocycles. The fourth-order valence-corrected chi connectivity index (χ4v) is 2.18. The molecule has 2 heterocycles. The lowest BCUT2D eigenvalue weighted by Gasteiger charge is -2.10. The van der Waals surface area contributed by atoms with E-state index < -0.39 is 5.91 Å². The van der Waals surface area contributed by atoms with Crippen LogP contribution >= 0.6 is 0 Å². The molecule has 0 fully saturated rings. The Hall–Kier alpha value is -2.80. The van der Waals surface area contributed by atoms with Gasteiger partial charge in [-0.15, -0.1) is 0 Å². The third-order valence-corrected chi connectivity index (χ3v) is 3.53. The maximum Gasteiger partial charge on any atom is 0.293 e. The number of aromatic nitrogens is 2. The van der Waals surface area contributed by atoms with E-state index in [0.29, 0.717) is 12.1 Å². The van der Waals surface area contributed by atoms with Crippen molar-refractivity contribution in [3.8, 4) is 0 Å². The van der Waals surface area contributed by atoms with E-state index in [9.17, 15) is 9.59 Å². The number of carbonyl (C=O) groups excluding carboxylic acids is 2. The quantitative estimate of drug-likeness (QED) is 0.501. The Morgan fingerprint density at radius 2 is 2.26 bits per heavy atom. The van der Waals surface area contributed by atoms with Gasteiger partial charge in [-0.3, -0.25) is 19.8 Å². The summed E-state index contributed by atoms with van der Waals surface area (Å²) >= 11 is 0. The zero-order chi connectivity index (χ0) is 16.8. The van der Waals surface area contributed by atoms with Crippen molar-refractivity contribution in [2.45, 2.75) is 19.3 Å². The fourth-order valence-electron chi connectivity index (χ4n) is 2.18. The second-order valence-electron chi connectivity index (χ2n) is 5.05. The van der Waals surface area contributed by atoms with Gasteiger partial charge >= 0.3 is 0 Å². The smallest absolute Gasteiger partial charge is 0.293 e. The van der Waals surface area contributed by atoms with Crippen molar-refractivity contribution in [2.24, 2.45) is 12.0 Å². The van der Waals surface area contributed by atoms with Crippen LogP contribution in [0.3, 0.4) is 0 Å². The highest BCUT2D eigenvalue weighted by Crippen LogP contribution is 2.18. The van der Waals surface area contributed by atoms with Crippen LogP contribution < -0.4 is 5.48 Å². The minimum absolute atomic E-state index is 0.154. The van der Waals surface area contributed by atoms with E-state index in [0.717, 1.165) is 5.56 Å². The molecule has 0 bridgehead atoms. The molecule has 0 spiro atoms. The maximum absolute atomic E-state index is 12.1. The van der Waals surface area contributed by atoms with Crippen LogP contribution in [0.15, 0.2) is 41.8 Å². The first kappa shape index (κ1) is 16.6. The minimum atomic E-state index is -0.633. The van der Waals surface area contributed by atoms with E-state index in [4.69, 9.17) is 5.21 Å².